The highest BCUT2D eigenvalue weighted by Gasteiger charge is 2.31. The second-order valence-corrected chi connectivity index (χ2v) is 4.65. The van der Waals surface area contributed by atoms with E-state index in [-0.39, 0.29) is 0 Å². The molecule has 2 rings (SSSR count). The highest BCUT2D eigenvalue weighted by Crippen LogP contribution is 2.31. The molecule has 0 amide bonds. The van der Waals surface area contributed by atoms with E-state index in [2.05, 4.69) is 17.6 Å². The van der Waals surface area contributed by atoms with Gasteiger partial charge >= 0.3 is 0 Å². The van der Waals surface area contributed by atoms with Gasteiger partial charge in [0.2, 0.25) is 0 Å². The van der Waals surface area contributed by atoms with Crippen molar-refractivity contribution < 1.29 is 0 Å². The average molecular weight is 168 g/mol. The van der Waals surface area contributed by atoms with Gasteiger partial charge in [0.25, 0.3) is 0 Å². The zero-order valence-corrected chi connectivity index (χ0v) is 8.03. The van der Waals surface area contributed by atoms with Crippen LogP contribution in [-0.2, 0) is 0 Å². The normalized spacial score (nSPS) is 33.2. The van der Waals surface area contributed by atoms with Crippen LogP contribution in [0.2, 0.25) is 0 Å². The lowest BCUT2D eigenvalue weighted by atomic mass is 9.78. The minimum atomic E-state index is 0.503. The van der Waals surface area contributed by atoms with Crippen LogP contribution in [0.1, 0.15) is 32.6 Å². The summed E-state index contributed by atoms with van der Waals surface area (Å²) in [5, 5.41) is 7.10. The molecular weight excluding hydrogens is 148 g/mol. The summed E-state index contributed by atoms with van der Waals surface area (Å²) < 4.78 is 0. The van der Waals surface area contributed by atoms with E-state index in [1.54, 1.807) is 0 Å². The molecule has 0 radical (unpaired) electrons. The molecule has 0 bridgehead atoms. The lowest BCUT2D eigenvalue weighted by Gasteiger charge is -2.40. The first-order valence-corrected chi connectivity index (χ1v) is 5.24. The van der Waals surface area contributed by atoms with Crippen LogP contribution in [0.4, 0.5) is 0 Å². The first-order valence-electron chi connectivity index (χ1n) is 5.24. The average Bonchev–Trinajstić information content (AvgIpc) is 2.49. The van der Waals surface area contributed by atoms with E-state index in [0.29, 0.717) is 5.54 Å². The Balaban J connectivity index is 1.67. The molecule has 2 fully saturated rings. The van der Waals surface area contributed by atoms with Gasteiger partial charge in [0.15, 0.2) is 0 Å². The summed E-state index contributed by atoms with van der Waals surface area (Å²) in [5.41, 5.74) is 0.503. The van der Waals surface area contributed by atoms with E-state index in [1.807, 2.05) is 0 Å². The summed E-state index contributed by atoms with van der Waals surface area (Å²) in [6.45, 7) is 6.04. The Labute approximate surface area is 75.1 Å². The van der Waals surface area contributed by atoms with Gasteiger partial charge in [-0.2, -0.15) is 0 Å². The van der Waals surface area contributed by atoms with Crippen LogP contribution in [0.3, 0.4) is 0 Å². The molecule has 1 unspecified atom stereocenters. The largest absolute Gasteiger partial charge is 0.316 e. The van der Waals surface area contributed by atoms with Gasteiger partial charge < -0.3 is 10.6 Å². The summed E-state index contributed by atoms with van der Waals surface area (Å²) in [4.78, 5) is 0. The van der Waals surface area contributed by atoms with Gasteiger partial charge in [-0.05, 0) is 58.2 Å². The third-order valence-electron chi connectivity index (χ3n) is 3.44. The molecule has 1 aliphatic heterocycles. The maximum atomic E-state index is 3.70. The van der Waals surface area contributed by atoms with E-state index in [9.17, 15) is 0 Å². The fraction of sp³-hybridized carbons (Fsp3) is 1.00. The first kappa shape index (κ1) is 8.52. The lowest BCUT2D eigenvalue weighted by molar-refractivity contribution is 0.199. The lowest BCUT2D eigenvalue weighted by Crippen LogP contribution is -2.49. The van der Waals surface area contributed by atoms with Crippen LogP contribution in [0.5, 0.6) is 0 Å². The van der Waals surface area contributed by atoms with Crippen molar-refractivity contribution in [2.24, 2.45) is 5.92 Å². The molecule has 0 aromatic carbocycles. The smallest absolute Gasteiger partial charge is 0.0153 e. The molecule has 2 N–H and O–H groups in total. The van der Waals surface area contributed by atoms with Crippen molar-refractivity contribution in [1.29, 1.82) is 0 Å². The predicted molar refractivity (Wildman–Crippen MR) is 51.2 cm³/mol. The Morgan fingerprint density at radius 1 is 1.50 bits per heavy atom. The zero-order valence-electron chi connectivity index (χ0n) is 8.03. The maximum absolute atomic E-state index is 3.70. The molecule has 1 saturated carbocycles. The van der Waals surface area contributed by atoms with Crippen molar-refractivity contribution in [3.8, 4) is 0 Å². The molecule has 0 aromatic heterocycles. The molecule has 1 aliphatic carbocycles. The summed E-state index contributed by atoms with van der Waals surface area (Å²) in [6, 6.07) is 0. The van der Waals surface area contributed by atoms with E-state index in [1.165, 1.54) is 45.3 Å². The van der Waals surface area contributed by atoms with Crippen LogP contribution >= 0.6 is 0 Å². The van der Waals surface area contributed by atoms with Gasteiger partial charge in [0, 0.05) is 5.54 Å². The molecule has 2 nitrogen and oxygen atoms in total. The molecule has 1 heterocycles. The van der Waals surface area contributed by atoms with E-state index in [4.69, 9.17) is 0 Å². The first-order chi connectivity index (χ1) is 5.79. The molecule has 12 heavy (non-hydrogen) atoms. The van der Waals surface area contributed by atoms with Gasteiger partial charge in [0.1, 0.15) is 0 Å². The van der Waals surface area contributed by atoms with Crippen molar-refractivity contribution >= 4 is 0 Å². The molecule has 2 heteroatoms. The van der Waals surface area contributed by atoms with Crippen molar-refractivity contribution in [3.63, 3.8) is 0 Å². The second kappa shape index (κ2) is 3.35. The van der Waals surface area contributed by atoms with Gasteiger partial charge in [-0.25, -0.2) is 0 Å². The molecule has 2 aliphatic rings. The predicted octanol–water partition coefficient (Wildman–Crippen LogP) is 1.13. The Hall–Kier alpha value is -0.0800. The van der Waals surface area contributed by atoms with Crippen molar-refractivity contribution in [2.75, 3.05) is 19.6 Å². The molecule has 70 valence electrons. The highest BCUT2D eigenvalue weighted by molar-refractivity contribution is 4.92. The molecule has 1 saturated heterocycles. The Bertz CT molecular complexity index is 146. The van der Waals surface area contributed by atoms with Crippen LogP contribution in [0.25, 0.3) is 0 Å². The number of rotatable bonds is 3. The molecule has 1 atom stereocenters. The quantitative estimate of drug-likeness (QED) is 0.660. The monoisotopic (exact) mass is 168 g/mol. The Morgan fingerprint density at radius 3 is 2.83 bits per heavy atom. The minimum absolute atomic E-state index is 0.503. The third-order valence-corrected chi connectivity index (χ3v) is 3.44. The minimum Gasteiger partial charge on any atom is -0.316 e. The summed E-state index contributed by atoms with van der Waals surface area (Å²) in [7, 11) is 0. The van der Waals surface area contributed by atoms with Crippen molar-refractivity contribution in [1.82, 2.24) is 10.6 Å². The highest BCUT2D eigenvalue weighted by atomic mass is 15.0. The van der Waals surface area contributed by atoms with Gasteiger partial charge in [-0.15, -0.1) is 0 Å². The molecule has 0 spiro atoms. The Kier molecular flexibility index (Phi) is 2.37. The Morgan fingerprint density at radius 2 is 2.33 bits per heavy atom. The van der Waals surface area contributed by atoms with Crippen molar-refractivity contribution in [3.05, 3.63) is 0 Å². The standard InChI is InChI=1S/C10H20N2/c1-10(4-2-5-10)12-8-9-3-6-11-7-9/h9,11-12H,2-8H2,1H3. The topological polar surface area (TPSA) is 24.1 Å². The number of hydrogen-bond donors (Lipinski definition) is 2. The maximum Gasteiger partial charge on any atom is 0.0153 e. The third kappa shape index (κ3) is 1.80. The summed E-state index contributed by atoms with van der Waals surface area (Å²) in [6.07, 6.45) is 5.55. The van der Waals surface area contributed by atoms with E-state index in [0.717, 1.165) is 5.92 Å². The SMILES string of the molecule is CC1(NCC2CCNC2)CCC1. The second-order valence-electron chi connectivity index (χ2n) is 4.65. The van der Waals surface area contributed by atoms with Crippen LogP contribution in [-0.4, -0.2) is 25.2 Å². The van der Waals surface area contributed by atoms with E-state index >= 15 is 0 Å². The van der Waals surface area contributed by atoms with Crippen molar-refractivity contribution in [2.45, 2.75) is 38.1 Å². The van der Waals surface area contributed by atoms with Gasteiger partial charge in [0.05, 0.1) is 0 Å². The van der Waals surface area contributed by atoms with Crippen LogP contribution < -0.4 is 10.6 Å². The molecular formula is C10H20N2. The van der Waals surface area contributed by atoms with Gasteiger partial charge in [-0.3, -0.25) is 0 Å². The van der Waals surface area contributed by atoms with Crippen LogP contribution in [0, 0.1) is 5.92 Å². The van der Waals surface area contributed by atoms with E-state index < -0.39 is 0 Å². The number of nitrogens with one attached hydrogen (secondary N) is 2. The number of hydrogen-bond acceptors (Lipinski definition) is 2. The summed E-state index contributed by atoms with van der Waals surface area (Å²) >= 11 is 0. The summed E-state index contributed by atoms with van der Waals surface area (Å²) in [5.74, 6) is 0.891. The zero-order chi connectivity index (χ0) is 8.44. The molecule has 0 aromatic rings. The fourth-order valence-electron chi connectivity index (χ4n) is 2.16. The van der Waals surface area contributed by atoms with Crippen LogP contribution in [0.15, 0.2) is 0 Å². The van der Waals surface area contributed by atoms with Gasteiger partial charge in [-0.1, -0.05) is 0 Å². The fourth-order valence-corrected chi connectivity index (χ4v) is 2.16.